The quantitative estimate of drug-likeness (QED) is 0.538. The summed E-state index contributed by atoms with van der Waals surface area (Å²) in [4.78, 5) is 8.23. The maximum Gasteiger partial charge on any atom is 0.141 e. The first-order valence-electron chi connectivity index (χ1n) is 9.45. The van der Waals surface area contributed by atoms with Gasteiger partial charge in [-0.1, -0.05) is 15.8 Å². The van der Waals surface area contributed by atoms with Crippen molar-refractivity contribution in [3.05, 3.63) is 71.8 Å². The minimum Gasteiger partial charge on any atom is -0.457 e. The zero-order valence-corrected chi connectivity index (χ0v) is 16.0. The maximum atomic E-state index is 13.8. The molecule has 1 fully saturated rings. The third-order valence-electron chi connectivity index (χ3n) is 4.76. The Morgan fingerprint density at radius 1 is 1.17 bits per heavy atom. The Hall–Kier alpha value is -3.59. The van der Waals surface area contributed by atoms with Crippen LogP contribution in [0.15, 0.2) is 60.1 Å². The Labute approximate surface area is 172 Å². The first-order valence-corrected chi connectivity index (χ1v) is 9.45. The van der Waals surface area contributed by atoms with Crippen molar-refractivity contribution in [2.24, 2.45) is 5.21 Å². The largest absolute Gasteiger partial charge is 0.457 e. The first-order chi connectivity index (χ1) is 14.6. The second-order valence-corrected chi connectivity index (χ2v) is 6.83. The van der Waals surface area contributed by atoms with Gasteiger partial charge in [-0.15, -0.1) is 0 Å². The SMILES string of the molecule is Nc1ncnc(N[C@@H]2CCNC2)c1/C(=N/F)c1ccc(Oc2cccc(F)c2)cc1. The zero-order valence-electron chi connectivity index (χ0n) is 16.0. The fourth-order valence-corrected chi connectivity index (χ4v) is 3.30. The highest BCUT2D eigenvalue weighted by Gasteiger charge is 2.22. The number of nitrogens with one attached hydrogen (secondary N) is 2. The van der Waals surface area contributed by atoms with Crippen molar-refractivity contribution >= 4 is 17.3 Å². The normalized spacial score (nSPS) is 16.5. The fourth-order valence-electron chi connectivity index (χ4n) is 3.30. The number of anilines is 2. The topological polar surface area (TPSA) is 97.5 Å². The average molecular weight is 410 g/mol. The predicted molar refractivity (Wildman–Crippen MR) is 111 cm³/mol. The number of hydrogen-bond donors (Lipinski definition) is 3. The molecule has 4 rings (SSSR count). The molecule has 0 aliphatic carbocycles. The summed E-state index contributed by atoms with van der Waals surface area (Å²) in [6, 6.07) is 12.5. The number of nitrogens with zero attached hydrogens (tertiary/aromatic N) is 3. The number of hydrogen-bond acceptors (Lipinski definition) is 7. The third-order valence-corrected chi connectivity index (χ3v) is 4.76. The molecule has 1 saturated heterocycles. The third kappa shape index (κ3) is 4.36. The van der Waals surface area contributed by atoms with Crippen molar-refractivity contribution in [1.82, 2.24) is 15.3 Å². The molecule has 4 N–H and O–H groups in total. The summed E-state index contributed by atoms with van der Waals surface area (Å²) in [6.07, 6.45) is 2.24. The van der Waals surface area contributed by atoms with Crippen molar-refractivity contribution in [3.63, 3.8) is 0 Å². The minimum atomic E-state index is -0.395. The average Bonchev–Trinajstić information content (AvgIpc) is 3.25. The van der Waals surface area contributed by atoms with E-state index in [4.69, 9.17) is 10.5 Å². The molecule has 1 atom stereocenters. The highest BCUT2D eigenvalue weighted by atomic mass is 19.2. The van der Waals surface area contributed by atoms with Crippen molar-refractivity contribution in [3.8, 4) is 11.5 Å². The highest BCUT2D eigenvalue weighted by Crippen LogP contribution is 2.27. The molecule has 0 bridgehead atoms. The molecule has 0 radical (unpaired) electrons. The van der Waals surface area contributed by atoms with E-state index in [0.29, 0.717) is 28.4 Å². The van der Waals surface area contributed by atoms with Gasteiger partial charge in [0.1, 0.15) is 41.0 Å². The van der Waals surface area contributed by atoms with E-state index in [-0.39, 0.29) is 17.6 Å². The molecular formula is C21H20F2N6O. The van der Waals surface area contributed by atoms with Crippen LogP contribution in [0.1, 0.15) is 17.5 Å². The smallest absolute Gasteiger partial charge is 0.141 e. The Morgan fingerprint density at radius 3 is 2.70 bits per heavy atom. The van der Waals surface area contributed by atoms with E-state index < -0.39 is 5.82 Å². The van der Waals surface area contributed by atoms with Gasteiger partial charge in [0.15, 0.2) is 0 Å². The minimum absolute atomic E-state index is 0.0128. The number of benzene rings is 2. The van der Waals surface area contributed by atoms with Crippen molar-refractivity contribution in [2.45, 2.75) is 12.5 Å². The lowest BCUT2D eigenvalue weighted by molar-refractivity contribution is 0.476. The molecule has 2 heterocycles. The lowest BCUT2D eigenvalue weighted by Crippen LogP contribution is -2.25. The molecule has 1 aliphatic rings. The van der Waals surface area contributed by atoms with E-state index in [0.717, 1.165) is 19.5 Å². The van der Waals surface area contributed by atoms with Crippen LogP contribution in [0.5, 0.6) is 11.5 Å². The monoisotopic (exact) mass is 410 g/mol. The lowest BCUT2D eigenvalue weighted by Gasteiger charge is -2.17. The molecule has 1 aliphatic heterocycles. The molecule has 0 unspecified atom stereocenters. The van der Waals surface area contributed by atoms with Gasteiger partial charge in [0.05, 0.1) is 5.56 Å². The number of rotatable bonds is 6. The van der Waals surface area contributed by atoms with Crippen LogP contribution in [0.4, 0.5) is 20.5 Å². The van der Waals surface area contributed by atoms with Crippen LogP contribution in [0.2, 0.25) is 0 Å². The van der Waals surface area contributed by atoms with Crippen LogP contribution < -0.4 is 21.1 Å². The highest BCUT2D eigenvalue weighted by molar-refractivity contribution is 6.17. The number of aromatic nitrogens is 2. The second kappa shape index (κ2) is 8.83. The summed E-state index contributed by atoms with van der Waals surface area (Å²) >= 11 is 0. The summed E-state index contributed by atoms with van der Waals surface area (Å²) in [6.45, 7) is 1.67. The van der Waals surface area contributed by atoms with Gasteiger partial charge in [0, 0.05) is 24.2 Å². The molecule has 3 aromatic rings. The Kier molecular flexibility index (Phi) is 5.80. The molecule has 0 saturated carbocycles. The van der Waals surface area contributed by atoms with Crippen LogP contribution in [-0.4, -0.2) is 34.8 Å². The molecule has 154 valence electrons. The summed E-state index contributed by atoms with van der Waals surface area (Å²) in [5, 5.41) is 9.50. The number of nitrogen functional groups attached to an aromatic ring is 1. The molecule has 2 aromatic carbocycles. The Morgan fingerprint density at radius 2 is 2.00 bits per heavy atom. The van der Waals surface area contributed by atoms with Gasteiger partial charge >= 0.3 is 0 Å². The van der Waals surface area contributed by atoms with Gasteiger partial charge in [-0.2, -0.15) is 0 Å². The molecule has 30 heavy (non-hydrogen) atoms. The van der Waals surface area contributed by atoms with Crippen LogP contribution in [0, 0.1) is 5.82 Å². The van der Waals surface area contributed by atoms with Gasteiger partial charge in [-0.3, -0.25) is 0 Å². The molecule has 9 heteroatoms. The van der Waals surface area contributed by atoms with Crippen LogP contribution in [0.25, 0.3) is 0 Å². The Bertz CT molecular complexity index is 1050. The van der Waals surface area contributed by atoms with Gasteiger partial charge in [-0.25, -0.2) is 14.4 Å². The lowest BCUT2D eigenvalue weighted by atomic mass is 10.0. The fraction of sp³-hybridized carbons (Fsp3) is 0.190. The van der Waals surface area contributed by atoms with Crippen molar-refractivity contribution < 1.29 is 13.6 Å². The van der Waals surface area contributed by atoms with Crippen molar-refractivity contribution in [1.29, 1.82) is 0 Å². The van der Waals surface area contributed by atoms with Crippen molar-refractivity contribution in [2.75, 3.05) is 24.1 Å². The van der Waals surface area contributed by atoms with Gasteiger partial charge in [0.2, 0.25) is 0 Å². The molecule has 1 aromatic heterocycles. The summed E-state index contributed by atoms with van der Waals surface area (Å²) in [7, 11) is 0. The van der Waals surface area contributed by atoms with E-state index in [9.17, 15) is 8.87 Å². The number of halogens is 2. The second-order valence-electron chi connectivity index (χ2n) is 6.83. The summed E-state index contributed by atoms with van der Waals surface area (Å²) < 4.78 is 32.7. The van der Waals surface area contributed by atoms with Gasteiger partial charge < -0.3 is 21.1 Å². The van der Waals surface area contributed by atoms with Gasteiger partial charge in [0.25, 0.3) is 0 Å². The van der Waals surface area contributed by atoms with E-state index in [1.54, 1.807) is 36.4 Å². The summed E-state index contributed by atoms with van der Waals surface area (Å²) in [5.41, 5.74) is 6.82. The van der Waals surface area contributed by atoms with E-state index in [1.807, 2.05) is 0 Å². The van der Waals surface area contributed by atoms with Gasteiger partial charge in [-0.05, 0) is 49.4 Å². The predicted octanol–water partition coefficient (Wildman–Crippen LogP) is 3.49. The van der Waals surface area contributed by atoms with E-state index >= 15 is 0 Å². The van der Waals surface area contributed by atoms with E-state index in [1.165, 1.54) is 18.5 Å². The van der Waals surface area contributed by atoms with Crippen LogP contribution >= 0.6 is 0 Å². The van der Waals surface area contributed by atoms with E-state index in [2.05, 4.69) is 25.8 Å². The maximum absolute atomic E-state index is 13.8. The number of ether oxygens (including phenoxy) is 1. The zero-order chi connectivity index (χ0) is 20.9. The summed E-state index contributed by atoms with van der Waals surface area (Å²) in [5.74, 6) is 0.977. The molecular weight excluding hydrogens is 390 g/mol. The molecule has 7 nitrogen and oxygen atoms in total. The van der Waals surface area contributed by atoms with Crippen LogP contribution in [-0.2, 0) is 0 Å². The number of nitrogens with two attached hydrogens (primary N) is 1. The first kappa shape index (κ1) is 19.7. The standard InChI is InChI=1S/C21H20F2N6O/c22-14-2-1-3-17(10-14)30-16-6-4-13(5-7-16)19(29-23)18-20(24)26-12-27-21(18)28-15-8-9-25-11-15/h1-7,10,12,15,25H,8-9,11H2,(H3,24,26,27,28)/b29-19+/t15-/m1/s1. The van der Waals surface area contributed by atoms with Crippen LogP contribution in [0.3, 0.4) is 0 Å². The molecule has 0 spiro atoms. The molecule has 0 amide bonds. The Balaban J connectivity index is 1.60.